The van der Waals surface area contributed by atoms with Gasteiger partial charge >= 0.3 is 18.1 Å². The highest BCUT2D eigenvalue weighted by atomic mass is 32.1. The van der Waals surface area contributed by atoms with Crippen molar-refractivity contribution in [3.8, 4) is 5.19 Å². The van der Waals surface area contributed by atoms with Gasteiger partial charge in [0.25, 0.3) is 10.8 Å². The number of hydrogen-bond acceptors (Lipinski definition) is 8. The van der Waals surface area contributed by atoms with E-state index in [1.807, 2.05) is 24.3 Å². The van der Waals surface area contributed by atoms with Gasteiger partial charge in [-0.1, -0.05) is 42.7 Å². The zero-order valence-electron chi connectivity index (χ0n) is 22.9. The topological polar surface area (TPSA) is 87.9 Å². The lowest BCUT2D eigenvalue weighted by Gasteiger charge is -2.38. The van der Waals surface area contributed by atoms with Gasteiger partial charge in [-0.3, -0.25) is 0 Å². The normalized spacial score (nSPS) is 23.3. The fraction of sp³-hybridized carbons (Fsp3) is 0.552. The van der Waals surface area contributed by atoms with Gasteiger partial charge in [-0.2, -0.15) is 13.2 Å². The van der Waals surface area contributed by atoms with Crippen molar-refractivity contribution in [2.45, 2.75) is 62.8 Å². The van der Waals surface area contributed by atoms with Crippen molar-refractivity contribution < 1.29 is 45.9 Å². The molecule has 12 heteroatoms. The van der Waals surface area contributed by atoms with Crippen LogP contribution in [-0.4, -0.2) is 67.0 Å². The predicted octanol–water partition coefficient (Wildman–Crippen LogP) is 6.00. The Morgan fingerprint density at radius 3 is 2.56 bits per heavy atom. The first-order chi connectivity index (χ1) is 19.6. The molecule has 222 valence electrons. The fourth-order valence-corrected chi connectivity index (χ4v) is 6.87. The standard InChI is InChI=1S/C29H34F3N2O6S/c1-34(15-8-18-38-27-33-22-11-5-6-12-23(22)41-27)16-14-21(19-34)39-25(35)28(24-13-7-17-37-24,20-9-3-2-4-10-20)40-26(36)29(30,31)32/h5-7,11-13,17,20-21H,2-4,8-10,14-16,18-19H2,1H3/q+1. The highest BCUT2D eigenvalue weighted by Crippen LogP contribution is 2.45. The Kier molecular flexibility index (Phi) is 8.60. The van der Waals surface area contributed by atoms with Crippen LogP contribution in [0.15, 0.2) is 47.1 Å². The average molecular weight is 596 g/mol. The van der Waals surface area contributed by atoms with Gasteiger partial charge in [-0.05, 0) is 37.1 Å². The molecule has 3 heterocycles. The number of hydrogen-bond donors (Lipinski definition) is 0. The summed E-state index contributed by atoms with van der Waals surface area (Å²) in [6.45, 7) is 2.44. The second-order valence-electron chi connectivity index (χ2n) is 11.1. The number of furan rings is 1. The Hall–Kier alpha value is -3.12. The molecule has 0 radical (unpaired) electrons. The van der Waals surface area contributed by atoms with Gasteiger partial charge in [-0.25, -0.2) is 14.6 Å². The molecule has 3 aromatic rings. The zero-order chi connectivity index (χ0) is 29.1. The van der Waals surface area contributed by atoms with E-state index in [0.29, 0.717) is 54.9 Å². The maximum Gasteiger partial charge on any atom is 0.490 e. The number of likely N-dealkylation sites (N-methyl/N-ethyl adjacent to an activating group) is 1. The van der Waals surface area contributed by atoms with E-state index >= 15 is 0 Å². The number of carbonyl (C=O) groups is 2. The van der Waals surface area contributed by atoms with E-state index in [9.17, 15) is 22.8 Å². The number of esters is 2. The Balaban J connectivity index is 1.24. The van der Waals surface area contributed by atoms with Crippen LogP contribution in [-0.2, 0) is 24.7 Å². The van der Waals surface area contributed by atoms with Crippen molar-refractivity contribution in [1.82, 2.24) is 4.98 Å². The fourth-order valence-electron chi connectivity index (χ4n) is 6.03. The maximum absolute atomic E-state index is 13.8. The summed E-state index contributed by atoms with van der Waals surface area (Å²) in [4.78, 5) is 30.5. The SMILES string of the molecule is C[N+]1(CCCOc2nc3ccccc3s2)CCC(OC(=O)C(OC(=O)C(F)(F)F)(c2ccco2)C2CCCCC2)C1. The third-order valence-corrected chi connectivity index (χ3v) is 9.06. The van der Waals surface area contributed by atoms with E-state index in [4.69, 9.17) is 18.6 Å². The third-order valence-electron chi connectivity index (χ3n) is 8.11. The van der Waals surface area contributed by atoms with Gasteiger partial charge in [-0.15, -0.1) is 0 Å². The first-order valence-electron chi connectivity index (χ1n) is 14.0. The summed E-state index contributed by atoms with van der Waals surface area (Å²) in [7, 11) is 2.05. The molecule has 1 aromatic carbocycles. The Labute approximate surface area is 240 Å². The highest BCUT2D eigenvalue weighted by Gasteiger charge is 2.59. The van der Waals surface area contributed by atoms with E-state index in [-0.39, 0.29) is 5.76 Å². The van der Waals surface area contributed by atoms with Gasteiger partial charge in [0.1, 0.15) is 6.54 Å². The van der Waals surface area contributed by atoms with E-state index in [2.05, 4.69) is 12.0 Å². The van der Waals surface area contributed by atoms with Crippen LogP contribution in [0.4, 0.5) is 13.2 Å². The van der Waals surface area contributed by atoms with Crippen LogP contribution in [0.3, 0.4) is 0 Å². The predicted molar refractivity (Wildman–Crippen MR) is 144 cm³/mol. The van der Waals surface area contributed by atoms with Gasteiger partial charge in [0.2, 0.25) is 0 Å². The highest BCUT2D eigenvalue weighted by molar-refractivity contribution is 7.20. The number of alkyl halides is 3. The Morgan fingerprint density at radius 2 is 1.85 bits per heavy atom. The molecule has 2 fully saturated rings. The minimum Gasteiger partial charge on any atom is -0.470 e. The number of nitrogens with zero attached hydrogens (tertiary/aromatic N) is 2. The molecule has 3 atom stereocenters. The van der Waals surface area contributed by atoms with Crippen LogP contribution in [0.5, 0.6) is 5.19 Å². The first kappa shape index (κ1) is 29.4. The number of thiazole rings is 1. The molecule has 41 heavy (non-hydrogen) atoms. The molecule has 1 saturated carbocycles. The zero-order valence-corrected chi connectivity index (χ0v) is 23.7. The lowest BCUT2D eigenvalue weighted by molar-refractivity contribution is -0.899. The molecule has 0 amide bonds. The molecule has 0 N–H and O–H groups in total. The van der Waals surface area contributed by atoms with Crippen molar-refractivity contribution in [1.29, 1.82) is 0 Å². The van der Waals surface area contributed by atoms with Crippen molar-refractivity contribution in [2.75, 3.05) is 33.3 Å². The second-order valence-corrected chi connectivity index (χ2v) is 12.1. The van der Waals surface area contributed by atoms with E-state index in [0.717, 1.165) is 36.1 Å². The molecule has 3 unspecified atom stereocenters. The van der Waals surface area contributed by atoms with Crippen molar-refractivity contribution >= 4 is 33.5 Å². The molecule has 5 rings (SSSR count). The van der Waals surface area contributed by atoms with E-state index < -0.39 is 35.7 Å². The summed E-state index contributed by atoms with van der Waals surface area (Å²) in [6.07, 6.45) is -0.189. The Morgan fingerprint density at radius 1 is 1.07 bits per heavy atom. The van der Waals surface area contributed by atoms with Gasteiger partial charge < -0.3 is 23.1 Å². The van der Waals surface area contributed by atoms with E-state index in [1.54, 1.807) is 0 Å². The summed E-state index contributed by atoms with van der Waals surface area (Å²) in [6, 6.07) is 10.7. The third kappa shape index (κ3) is 6.53. The number of para-hydroxylation sites is 1. The molecule has 0 bridgehead atoms. The summed E-state index contributed by atoms with van der Waals surface area (Å²) < 4.78 is 64.1. The number of aromatic nitrogens is 1. The molecule has 1 saturated heterocycles. The number of likely N-dealkylation sites (tertiary alicyclic amines) is 1. The number of benzene rings is 1. The number of quaternary nitrogens is 1. The lowest BCUT2D eigenvalue weighted by atomic mass is 9.75. The lowest BCUT2D eigenvalue weighted by Crippen LogP contribution is -2.52. The van der Waals surface area contributed by atoms with Crippen LogP contribution < -0.4 is 4.74 Å². The van der Waals surface area contributed by atoms with Crippen LogP contribution >= 0.6 is 11.3 Å². The smallest absolute Gasteiger partial charge is 0.470 e. The molecular weight excluding hydrogens is 561 g/mol. The number of ether oxygens (including phenoxy) is 3. The van der Waals surface area contributed by atoms with Crippen molar-refractivity contribution in [2.24, 2.45) is 5.92 Å². The number of rotatable bonds is 10. The van der Waals surface area contributed by atoms with Crippen molar-refractivity contribution in [3.63, 3.8) is 0 Å². The number of halogens is 3. The second kappa shape index (κ2) is 12.0. The average Bonchev–Trinajstić information content (AvgIpc) is 3.70. The first-order valence-corrected chi connectivity index (χ1v) is 14.8. The van der Waals surface area contributed by atoms with Crippen LogP contribution in [0, 0.1) is 5.92 Å². The Bertz CT molecular complexity index is 1310. The molecule has 1 aliphatic carbocycles. The minimum atomic E-state index is -5.27. The number of carbonyl (C=O) groups excluding carboxylic acids is 2. The van der Waals surface area contributed by atoms with Crippen LogP contribution in [0.1, 0.15) is 50.7 Å². The molecule has 2 aromatic heterocycles. The number of fused-ring (bicyclic) bond motifs is 1. The van der Waals surface area contributed by atoms with Crippen LogP contribution in [0.2, 0.25) is 0 Å². The van der Waals surface area contributed by atoms with Gasteiger partial charge in [0, 0.05) is 18.8 Å². The summed E-state index contributed by atoms with van der Waals surface area (Å²) in [5.41, 5.74) is -1.40. The quantitative estimate of drug-likeness (QED) is 0.161. The summed E-state index contributed by atoms with van der Waals surface area (Å²) in [5.74, 6) is -4.27. The van der Waals surface area contributed by atoms with Gasteiger partial charge in [0.05, 0.1) is 43.2 Å². The van der Waals surface area contributed by atoms with Crippen molar-refractivity contribution in [3.05, 3.63) is 48.4 Å². The minimum absolute atomic E-state index is 0.144. The summed E-state index contributed by atoms with van der Waals surface area (Å²) >= 11 is 1.49. The molecular formula is C29H34F3N2O6S+. The monoisotopic (exact) mass is 595 g/mol. The molecule has 0 spiro atoms. The van der Waals surface area contributed by atoms with Gasteiger partial charge in [0.15, 0.2) is 11.9 Å². The molecule has 1 aliphatic heterocycles. The molecule has 2 aliphatic rings. The largest absolute Gasteiger partial charge is 0.490 e. The summed E-state index contributed by atoms with van der Waals surface area (Å²) in [5, 5.41) is 0.618. The van der Waals surface area contributed by atoms with E-state index in [1.165, 1.54) is 29.7 Å². The molecule has 8 nitrogen and oxygen atoms in total. The van der Waals surface area contributed by atoms with Crippen LogP contribution in [0.25, 0.3) is 10.2 Å². The maximum atomic E-state index is 13.8.